The zero-order chi connectivity index (χ0) is 13.2. The summed E-state index contributed by atoms with van der Waals surface area (Å²) < 4.78 is 7.31. The minimum atomic E-state index is 0.779. The highest BCUT2D eigenvalue weighted by Gasteiger charge is 1.98. The molecule has 1 rings (SSSR count). The average molecular weight is 252 g/mol. The highest BCUT2D eigenvalue weighted by atomic mass is 16.5. The predicted molar refractivity (Wildman–Crippen MR) is 74.7 cm³/mol. The van der Waals surface area contributed by atoms with Gasteiger partial charge in [-0.15, -0.1) is 0 Å². The fourth-order valence-corrected chi connectivity index (χ4v) is 1.60. The van der Waals surface area contributed by atoms with Gasteiger partial charge in [0.2, 0.25) is 0 Å². The number of hydrogen-bond acceptors (Lipinski definition) is 2. The van der Waals surface area contributed by atoms with Crippen molar-refractivity contribution < 1.29 is 4.74 Å². The number of nitrogens with one attached hydrogen (secondary N) is 2. The average Bonchev–Trinajstić information content (AvgIpc) is 2.78. The Morgan fingerprint density at radius 1 is 1.44 bits per heavy atom. The van der Waals surface area contributed by atoms with Crippen molar-refractivity contribution in [3.63, 3.8) is 0 Å². The van der Waals surface area contributed by atoms with E-state index in [0.29, 0.717) is 0 Å². The first-order valence-electron chi connectivity index (χ1n) is 6.39. The van der Waals surface area contributed by atoms with Crippen molar-refractivity contribution in [1.82, 2.24) is 15.2 Å². The van der Waals surface area contributed by atoms with Crippen LogP contribution in [0.15, 0.2) is 23.5 Å². The molecule has 1 aromatic heterocycles. The minimum Gasteiger partial charge on any atom is -0.382 e. The van der Waals surface area contributed by atoms with Gasteiger partial charge < -0.3 is 19.9 Å². The molecule has 0 aliphatic heterocycles. The van der Waals surface area contributed by atoms with Crippen molar-refractivity contribution >= 4 is 5.96 Å². The van der Waals surface area contributed by atoms with E-state index in [1.54, 1.807) is 7.05 Å². The van der Waals surface area contributed by atoms with Gasteiger partial charge in [-0.25, -0.2) is 0 Å². The normalized spacial score (nSPS) is 11.6. The Bertz CT molecular complexity index is 360. The number of ether oxygens (including phenoxy) is 1. The molecule has 0 fully saturated rings. The first-order valence-corrected chi connectivity index (χ1v) is 6.39. The lowest BCUT2D eigenvalue weighted by atomic mass is 10.3. The van der Waals surface area contributed by atoms with E-state index in [1.165, 1.54) is 5.56 Å². The Morgan fingerprint density at radius 3 is 2.89 bits per heavy atom. The van der Waals surface area contributed by atoms with Gasteiger partial charge >= 0.3 is 0 Å². The third-order valence-electron chi connectivity index (χ3n) is 2.54. The lowest BCUT2D eigenvalue weighted by molar-refractivity contribution is 0.145. The van der Waals surface area contributed by atoms with E-state index in [1.807, 2.05) is 24.7 Å². The van der Waals surface area contributed by atoms with E-state index in [9.17, 15) is 0 Å². The van der Waals surface area contributed by atoms with Crippen LogP contribution in [0.4, 0.5) is 0 Å². The van der Waals surface area contributed by atoms with Crippen LogP contribution in [0.5, 0.6) is 0 Å². The molecule has 18 heavy (non-hydrogen) atoms. The first-order chi connectivity index (χ1) is 8.76. The Labute approximate surface area is 109 Å². The van der Waals surface area contributed by atoms with Crippen LogP contribution in [0.25, 0.3) is 0 Å². The summed E-state index contributed by atoms with van der Waals surface area (Å²) in [5.41, 5.74) is 1.25. The van der Waals surface area contributed by atoms with Gasteiger partial charge in [-0.1, -0.05) is 0 Å². The Hall–Kier alpha value is -1.49. The molecule has 1 heterocycles. The molecule has 0 radical (unpaired) electrons. The van der Waals surface area contributed by atoms with Gasteiger partial charge in [0.15, 0.2) is 5.96 Å². The molecule has 102 valence electrons. The SMILES string of the molecule is CCOCCCNC(=NC)NCc1ccn(C)c1. The molecular weight excluding hydrogens is 228 g/mol. The molecule has 5 nitrogen and oxygen atoms in total. The number of nitrogens with zero attached hydrogens (tertiary/aromatic N) is 2. The lowest BCUT2D eigenvalue weighted by Crippen LogP contribution is -2.37. The summed E-state index contributed by atoms with van der Waals surface area (Å²) in [7, 11) is 3.80. The van der Waals surface area contributed by atoms with Crippen molar-refractivity contribution in [3.05, 3.63) is 24.0 Å². The van der Waals surface area contributed by atoms with Crippen LogP contribution in [-0.2, 0) is 18.3 Å². The molecule has 0 saturated heterocycles. The molecule has 0 aliphatic carbocycles. The summed E-state index contributed by atoms with van der Waals surface area (Å²) >= 11 is 0. The maximum absolute atomic E-state index is 5.28. The maximum Gasteiger partial charge on any atom is 0.191 e. The Morgan fingerprint density at radius 2 is 2.28 bits per heavy atom. The van der Waals surface area contributed by atoms with Crippen molar-refractivity contribution in [2.45, 2.75) is 19.9 Å². The summed E-state index contributed by atoms with van der Waals surface area (Å²) in [5.74, 6) is 0.829. The largest absolute Gasteiger partial charge is 0.382 e. The third kappa shape index (κ3) is 5.72. The van der Waals surface area contributed by atoms with E-state index in [4.69, 9.17) is 4.74 Å². The summed E-state index contributed by atoms with van der Waals surface area (Å²) in [6.07, 6.45) is 5.12. The molecule has 0 saturated carbocycles. The van der Waals surface area contributed by atoms with Crippen LogP contribution < -0.4 is 10.6 Å². The van der Waals surface area contributed by atoms with E-state index >= 15 is 0 Å². The van der Waals surface area contributed by atoms with Gasteiger partial charge in [-0.3, -0.25) is 4.99 Å². The van der Waals surface area contributed by atoms with E-state index in [2.05, 4.69) is 27.9 Å². The topological polar surface area (TPSA) is 50.6 Å². The second-order valence-corrected chi connectivity index (χ2v) is 4.09. The maximum atomic E-state index is 5.28. The Balaban J connectivity index is 2.18. The van der Waals surface area contributed by atoms with E-state index < -0.39 is 0 Å². The van der Waals surface area contributed by atoms with Crippen LogP contribution >= 0.6 is 0 Å². The number of guanidine groups is 1. The van der Waals surface area contributed by atoms with Gasteiger partial charge in [0.05, 0.1) is 0 Å². The molecule has 0 amide bonds. The molecule has 0 atom stereocenters. The van der Waals surface area contributed by atoms with E-state index in [0.717, 1.165) is 38.7 Å². The zero-order valence-corrected chi connectivity index (χ0v) is 11.6. The molecule has 5 heteroatoms. The number of aromatic nitrogens is 1. The molecule has 1 aromatic rings. The predicted octanol–water partition coefficient (Wildman–Crippen LogP) is 1.12. The molecule has 0 aromatic carbocycles. The molecular formula is C13H24N4O. The first kappa shape index (κ1) is 14.6. The zero-order valence-electron chi connectivity index (χ0n) is 11.6. The van der Waals surface area contributed by atoms with Gasteiger partial charge in [0.25, 0.3) is 0 Å². The smallest absolute Gasteiger partial charge is 0.191 e. The number of hydrogen-bond donors (Lipinski definition) is 2. The minimum absolute atomic E-state index is 0.779. The number of rotatable bonds is 7. The van der Waals surface area contributed by atoms with Gasteiger partial charge in [0, 0.05) is 52.8 Å². The van der Waals surface area contributed by atoms with Crippen molar-refractivity contribution in [2.24, 2.45) is 12.0 Å². The number of aryl methyl sites for hydroxylation is 1. The monoisotopic (exact) mass is 252 g/mol. The fraction of sp³-hybridized carbons (Fsp3) is 0.615. The summed E-state index contributed by atoms with van der Waals surface area (Å²) in [4.78, 5) is 4.17. The van der Waals surface area contributed by atoms with Crippen LogP contribution in [0.2, 0.25) is 0 Å². The second kappa shape index (κ2) is 8.58. The van der Waals surface area contributed by atoms with Crippen LogP contribution in [0.3, 0.4) is 0 Å². The van der Waals surface area contributed by atoms with Gasteiger partial charge in [-0.2, -0.15) is 0 Å². The van der Waals surface area contributed by atoms with Gasteiger partial charge in [-0.05, 0) is 25.0 Å². The van der Waals surface area contributed by atoms with Crippen LogP contribution in [0.1, 0.15) is 18.9 Å². The summed E-state index contributed by atoms with van der Waals surface area (Å²) in [6.45, 7) is 5.23. The molecule has 0 spiro atoms. The van der Waals surface area contributed by atoms with Crippen molar-refractivity contribution in [3.8, 4) is 0 Å². The van der Waals surface area contributed by atoms with Crippen molar-refractivity contribution in [1.29, 1.82) is 0 Å². The molecule has 0 unspecified atom stereocenters. The third-order valence-corrected chi connectivity index (χ3v) is 2.54. The second-order valence-electron chi connectivity index (χ2n) is 4.09. The lowest BCUT2D eigenvalue weighted by Gasteiger charge is -2.11. The van der Waals surface area contributed by atoms with Gasteiger partial charge in [0.1, 0.15) is 0 Å². The molecule has 0 aliphatic rings. The summed E-state index contributed by atoms with van der Waals surface area (Å²) in [5, 5.41) is 6.53. The van der Waals surface area contributed by atoms with Crippen LogP contribution in [0, 0.1) is 0 Å². The van der Waals surface area contributed by atoms with Crippen LogP contribution in [-0.4, -0.2) is 37.3 Å². The highest BCUT2D eigenvalue weighted by molar-refractivity contribution is 5.79. The van der Waals surface area contributed by atoms with Crippen molar-refractivity contribution in [2.75, 3.05) is 26.8 Å². The number of aliphatic imine (C=N–C) groups is 1. The summed E-state index contributed by atoms with van der Waals surface area (Å²) in [6, 6.07) is 2.09. The standard InChI is InChI=1S/C13H24N4O/c1-4-18-9-5-7-15-13(14-2)16-10-12-6-8-17(3)11-12/h6,8,11H,4-5,7,9-10H2,1-3H3,(H2,14,15,16). The Kier molecular flexibility index (Phi) is 6.94. The molecule has 2 N–H and O–H groups in total. The highest BCUT2D eigenvalue weighted by Crippen LogP contribution is 1.98. The quantitative estimate of drug-likeness (QED) is 0.434. The fourth-order valence-electron chi connectivity index (χ4n) is 1.60. The molecule has 0 bridgehead atoms. The van der Waals surface area contributed by atoms with E-state index in [-0.39, 0.29) is 0 Å².